The fourth-order valence-corrected chi connectivity index (χ4v) is 17.8. The Kier molecular flexibility index (Phi) is 19.1. The zero-order valence-corrected chi connectivity index (χ0v) is 65.7. The van der Waals surface area contributed by atoms with Crippen LogP contribution in [-0.4, -0.2) is 29.9 Å². The van der Waals surface area contributed by atoms with Crippen LogP contribution in [0.1, 0.15) is 24.1 Å². The van der Waals surface area contributed by atoms with Gasteiger partial charge in [-0.2, -0.15) is 0 Å². The maximum atomic E-state index is 5.47. The molecule has 4 aromatic heterocycles. The zero-order chi connectivity index (χ0) is 79.7. The SMILES string of the molecule is C1=C(c2cccnc2)CCC=C1c1cc(-c2cc3ccccc3c3ccccc23)nc(-c2cccc(-c3c4ccccc4c(-c4ccc5ccccc5c4)c4ccccc34)c2)n1.c1ccc(-c2cc(-c3cccc4ccccc34)nc(-c3cccc(-c4c5ccccc5c(-c5ccc6ccccc6c5)c5ccccc45)c3)n2)cc1.c1ccncc1. The van der Waals surface area contributed by atoms with Gasteiger partial charge in [0.25, 0.3) is 0 Å². The number of nitrogens with zero attached hydrogens (tertiary/aromatic N) is 6. The Morgan fingerprint density at radius 2 is 0.583 bits per heavy atom. The predicted molar refractivity (Wildman–Crippen MR) is 504 cm³/mol. The fraction of sp³-hybridized carbons (Fsp3) is 0.0175. The van der Waals surface area contributed by atoms with Gasteiger partial charge in [0, 0.05) is 52.6 Å². The predicted octanol–water partition coefficient (Wildman–Crippen LogP) is 30.1. The van der Waals surface area contributed by atoms with E-state index >= 15 is 0 Å². The van der Waals surface area contributed by atoms with E-state index in [0.29, 0.717) is 11.6 Å². The largest absolute Gasteiger partial charge is 0.265 e. The molecule has 22 aromatic rings. The van der Waals surface area contributed by atoms with E-state index in [4.69, 9.17) is 19.9 Å². The van der Waals surface area contributed by atoms with Crippen LogP contribution in [0.5, 0.6) is 0 Å². The third-order valence-electron chi connectivity index (χ3n) is 23.4. The van der Waals surface area contributed by atoms with Crippen LogP contribution < -0.4 is 0 Å². The van der Waals surface area contributed by atoms with Gasteiger partial charge in [-0.1, -0.05) is 346 Å². The van der Waals surface area contributed by atoms with Gasteiger partial charge in [-0.15, -0.1) is 0 Å². The van der Waals surface area contributed by atoms with Crippen molar-refractivity contribution in [1.82, 2.24) is 29.9 Å². The van der Waals surface area contributed by atoms with Crippen LogP contribution in [0, 0.1) is 0 Å². The first-order valence-electron chi connectivity index (χ1n) is 41.0. The molecule has 0 radical (unpaired) electrons. The molecule has 0 N–H and O–H groups in total. The lowest BCUT2D eigenvalue weighted by atomic mass is 9.85. The second-order valence-electron chi connectivity index (χ2n) is 30.6. The van der Waals surface area contributed by atoms with Gasteiger partial charge in [0.1, 0.15) is 0 Å². The standard InChI is InChI=1S/C59H39N3.C50H32N2.C5H5N/c1-2-15-39-33-44(30-29-38(39)14-1)58-52-27-9-7-25-50(52)57(51-26-8-10-28-53(51)58)43-19-12-20-45(34-43)59-61-55(42-18-11-17-40(32-42)46-21-13-31-60-37-46)36-56(62-59)54-35-41-16-3-4-22-47(41)48-23-5-6-24-49(48)54;1-2-16-35(17-3-1)46-32-47(41-27-13-19-34-15-6-7-22-40(34)41)52-50(51-46)39-21-12-20-37(31-39)48-42-23-8-10-25-44(42)49(45-26-11-9-24-43(45)48)38-29-28-33-14-4-5-18-36(33)30-38;1-2-4-6-5-3-1/h1-10,12-16,18-37H,11,17H2;1-32H;1-5H. The van der Waals surface area contributed by atoms with Crippen LogP contribution in [-0.2, 0) is 0 Å². The third kappa shape index (κ3) is 13.8. The quantitative estimate of drug-likeness (QED) is 0.0949. The molecule has 0 atom stereocenters. The first-order valence-corrected chi connectivity index (χ1v) is 41.0. The molecular formula is C114H76N6. The van der Waals surface area contributed by atoms with E-state index in [-0.39, 0.29) is 0 Å². The Balaban J connectivity index is 0.000000141. The molecule has 120 heavy (non-hydrogen) atoms. The molecule has 0 aliphatic heterocycles. The Labute approximate surface area is 695 Å². The number of fused-ring (bicyclic) bond motifs is 10. The molecule has 4 heterocycles. The molecule has 1 aliphatic carbocycles. The van der Waals surface area contributed by atoms with Crippen LogP contribution in [0.25, 0.3) is 209 Å². The summed E-state index contributed by atoms with van der Waals surface area (Å²) in [6.45, 7) is 0. The molecule has 6 nitrogen and oxygen atoms in total. The molecule has 6 heteroatoms. The van der Waals surface area contributed by atoms with E-state index in [0.717, 1.165) is 85.7 Å². The summed E-state index contributed by atoms with van der Waals surface area (Å²) < 4.78 is 0. The molecule has 0 saturated carbocycles. The minimum absolute atomic E-state index is 0.695. The van der Waals surface area contributed by atoms with Crippen molar-refractivity contribution in [2.24, 2.45) is 0 Å². The van der Waals surface area contributed by atoms with Crippen LogP contribution >= 0.6 is 0 Å². The second-order valence-corrected chi connectivity index (χ2v) is 30.6. The summed E-state index contributed by atoms with van der Waals surface area (Å²) in [4.78, 5) is 29.6. The van der Waals surface area contributed by atoms with E-state index < -0.39 is 0 Å². The van der Waals surface area contributed by atoms with Gasteiger partial charge in [-0.3, -0.25) is 9.97 Å². The fourth-order valence-electron chi connectivity index (χ4n) is 17.8. The minimum Gasteiger partial charge on any atom is -0.265 e. The summed E-state index contributed by atoms with van der Waals surface area (Å²) in [5, 5.41) is 21.9. The van der Waals surface area contributed by atoms with Gasteiger partial charge >= 0.3 is 0 Å². The molecule has 0 saturated heterocycles. The van der Waals surface area contributed by atoms with Crippen LogP contribution in [0.3, 0.4) is 0 Å². The van der Waals surface area contributed by atoms with Crippen molar-refractivity contribution in [3.8, 4) is 101 Å². The Hall–Kier alpha value is -15.8. The highest BCUT2D eigenvalue weighted by molar-refractivity contribution is 6.24. The van der Waals surface area contributed by atoms with E-state index in [1.54, 1.807) is 12.4 Å². The topological polar surface area (TPSA) is 77.3 Å². The van der Waals surface area contributed by atoms with E-state index in [9.17, 15) is 0 Å². The molecule has 0 fully saturated rings. The van der Waals surface area contributed by atoms with Crippen molar-refractivity contribution in [3.63, 3.8) is 0 Å². The molecule has 18 aromatic carbocycles. The number of rotatable bonds is 11. The van der Waals surface area contributed by atoms with Crippen molar-refractivity contribution < 1.29 is 0 Å². The molecule has 0 spiro atoms. The van der Waals surface area contributed by atoms with Crippen molar-refractivity contribution in [2.75, 3.05) is 0 Å². The van der Waals surface area contributed by atoms with E-state index in [1.165, 1.54) is 136 Å². The highest BCUT2D eigenvalue weighted by Crippen LogP contribution is 2.48. The summed E-state index contributed by atoms with van der Waals surface area (Å²) in [6.07, 6.45) is 13.8. The van der Waals surface area contributed by atoms with Crippen molar-refractivity contribution in [3.05, 3.63) is 449 Å². The molecule has 1 aliphatic rings. The maximum absolute atomic E-state index is 5.47. The lowest BCUT2D eigenvalue weighted by Crippen LogP contribution is -2.01. The van der Waals surface area contributed by atoms with Gasteiger partial charge in [0.15, 0.2) is 11.6 Å². The maximum Gasteiger partial charge on any atom is 0.160 e. The van der Waals surface area contributed by atoms with Crippen molar-refractivity contribution in [2.45, 2.75) is 12.8 Å². The molecule has 562 valence electrons. The average molecular weight is 1530 g/mol. The van der Waals surface area contributed by atoms with Crippen LogP contribution in [0.4, 0.5) is 0 Å². The highest BCUT2D eigenvalue weighted by atomic mass is 14.9. The first-order chi connectivity index (χ1) is 59.5. The first kappa shape index (κ1) is 72.0. The summed E-state index contributed by atoms with van der Waals surface area (Å²) in [7, 11) is 0. The minimum atomic E-state index is 0.695. The Morgan fingerprint density at radius 3 is 1.10 bits per heavy atom. The van der Waals surface area contributed by atoms with Crippen LogP contribution in [0.2, 0.25) is 0 Å². The number of benzene rings is 18. The summed E-state index contributed by atoms with van der Waals surface area (Å²) in [6, 6.07) is 143. The number of hydrogen-bond donors (Lipinski definition) is 0. The summed E-state index contributed by atoms with van der Waals surface area (Å²) in [5.74, 6) is 1.40. The lowest BCUT2D eigenvalue weighted by Gasteiger charge is -2.19. The Bertz CT molecular complexity index is 7640. The molecule has 0 unspecified atom stereocenters. The second kappa shape index (κ2) is 31.8. The lowest BCUT2D eigenvalue weighted by molar-refractivity contribution is 1.05. The highest BCUT2D eigenvalue weighted by Gasteiger charge is 2.24. The molecule has 23 rings (SSSR count). The molecule has 0 amide bonds. The van der Waals surface area contributed by atoms with Gasteiger partial charge < -0.3 is 0 Å². The van der Waals surface area contributed by atoms with Gasteiger partial charge in [-0.05, 0) is 238 Å². The van der Waals surface area contributed by atoms with Gasteiger partial charge in [-0.25, -0.2) is 19.9 Å². The van der Waals surface area contributed by atoms with E-state index in [1.807, 2.05) is 42.7 Å². The number of aromatic nitrogens is 6. The number of pyridine rings is 2. The van der Waals surface area contributed by atoms with Gasteiger partial charge in [0.2, 0.25) is 0 Å². The average Bonchev–Trinajstić information content (AvgIpc) is 0.739. The molecule has 0 bridgehead atoms. The zero-order valence-electron chi connectivity index (χ0n) is 65.7. The van der Waals surface area contributed by atoms with Crippen molar-refractivity contribution >= 4 is 108 Å². The smallest absolute Gasteiger partial charge is 0.160 e. The van der Waals surface area contributed by atoms with Crippen LogP contribution in [0.15, 0.2) is 437 Å². The normalized spacial score (nSPS) is 12.0. The summed E-state index contributed by atoms with van der Waals surface area (Å²) >= 11 is 0. The third-order valence-corrected chi connectivity index (χ3v) is 23.4. The number of allylic oxidation sites excluding steroid dienone is 4. The monoisotopic (exact) mass is 1530 g/mol. The summed E-state index contributed by atoms with van der Waals surface area (Å²) in [5.41, 5.74) is 21.9. The number of hydrogen-bond acceptors (Lipinski definition) is 6. The van der Waals surface area contributed by atoms with Crippen molar-refractivity contribution in [1.29, 1.82) is 0 Å². The van der Waals surface area contributed by atoms with Gasteiger partial charge in [0.05, 0.1) is 22.8 Å². The molecular weight excluding hydrogens is 1450 g/mol. The van der Waals surface area contributed by atoms with E-state index in [2.05, 4.69) is 392 Å². The Morgan fingerprint density at radius 1 is 0.200 bits per heavy atom.